The van der Waals surface area contributed by atoms with Crippen molar-refractivity contribution in [1.82, 2.24) is 25.1 Å². The predicted octanol–water partition coefficient (Wildman–Crippen LogP) is 4.76. The van der Waals surface area contributed by atoms with E-state index in [2.05, 4.69) is 25.1 Å². The number of aromatic hydroxyl groups is 1. The first kappa shape index (κ1) is 21.8. The second kappa shape index (κ2) is 7.79. The molecule has 0 spiro atoms. The molecule has 0 saturated heterocycles. The zero-order valence-electron chi connectivity index (χ0n) is 18.5. The number of phenols is 1. The van der Waals surface area contributed by atoms with Gasteiger partial charge in [0.25, 0.3) is 0 Å². The van der Waals surface area contributed by atoms with Crippen LogP contribution in [0.4, 0.5) is 19.0 Å². The minimum absolute atomic E-state index is 0.166. The van der Waals surface area contributed by atoms with Crippen molar-refractivity contribution < 1.29 is 22.8 Å². The van der Waals surface area contributed by atoms with Crippen LogP contribution in [0, 0.1) is 20.8 Å². The van der Waals surface area contributed by atoms with Crippen LogP contribution in [0.1, 0.15) is 33.8 Å². The Hall–Kier alpha value is -4.02. The zero-order chi connectivity index (χ0) is 24.2. The summed E-state index contributed by atoms with van der Waals surface area (Å²) < 4.78 is 46.8. The molecule has 174 valence electrons. The van der Waals surface area contributed by atoms with Crippen LogP contribution in [-0.4, -0.2) is 30.2 Å². The molecule has 0 amide bonds. The van der Waals surface area contributed by atoms with Gasteiger partial charge in [0.2, 0.25) is 0 Å². The van der Waals surface area contributed by atoms with Crippen LogP contribution in [0.3, 0.4) is 0 Å². The molecule has 1 aromatic carbocycles. The van der Waals surface area contributed by atoms with Crippen molar-refractivity contribution in [3.63, 3.8) is 0 Å². The third kappa shape index (κ3) is 3.62. The number of phenolic OH excluding ortho intramolecular Hbond substituents is 1. The fraction of sp³-hybridized carbons (Fsp3) is 0.261. The number of aryl methyl sites for hydroxylation is 2. The van der Waals surface area contributed by atoms with Gasteiger partial charge in [-0.05, 0) is 39.0 Å². The molecule has 8 nitrogen and oxygen atoms in total. The van der Waals surface area contributed by atoms with E-state index in [9.17, 15) is 18.3 Å². The van der Waals surface area contributed by atoms with Gasteiger partial charge in [0.1, 0.15) is 23.7 Å². The molecule has 0 saturated carbocycles. The highest BCUT2D eigenvalue weighted by Crippen LogP contribution is 2.41. The van der Waals surface area contributed by atoms with Gasteiger partial charge in [-0.2, -0.15) is 13.2 Å². The highest BCUT2D eigenvalue weighted by atomic mass is 19.4. The van der Waals surface area contributed by atoms with E-state index < -0.39 is 11.7 Å². The number of alkyl halides is 3. The van der Waals surface area contributed by atoms with E-state index in [0.29, 0.717) is 47.2 Å². The fourth-order valence-electron chi connectivity index (χ4n) is 4.21. The standard InChI is InChI=1S/C23H19F3N6O2/c1-11-20(19-12(2)31-34-13(19)3)29-21(16-6-15(33)4-5-17(16)23(24,25)26)30-22(11)32-8-14-7-27-10-28-18(14)9-32/h4-7,10,33H,8-9H2,1-3H3. The number of aromatic nitrogens is 5. The van der Waals surface area contributed by atoms with Crippen LogP contribution in [0.2, 0.25) is 0 Å². The zero-order valence-corrected chi connectivity index (χ0v) is 18.5. The molecule has 0 aliphatic carbocycles. The van der Waals surface area contributed by atoms with Gasteiger partial charge in [-0.25, -0.2) is 19.9 Å². The summed E-state index contributed by atoms with van der Waals surface area (Å²) in [5.74, 6) is 0.450. The second-order valence-electron chi connectivity index (χ2n) is 8.12. The van der Waals surface area contributed by atoms with Crippen LogP contribution >= 0.6 is 0 Å². The van der Waals surface area contributed by atoms with Crippen LogP contribution in [0.5, 0.6) is 5.75 Å². The summed E-state index contributed by atoms with van der Waals surface area (Å²) in [6.07, 6.45) is -1.50. The van der Waals surface area contributed by atoms with Gasteiger partial charge < -0.3 is 14.5 Å². The van der Waals surface area contributed by atoms with E-state index in [-0.39, 0.29) is 17.1 Å². The minimum atomic E-state index is -4.67. The molecule has 1 aliphatic rings. The summed E-state index contributed by atoms with van der Waals surface area (Å²) >= 11 is 0. The highest BCUT2D eigenvalue weighted by molar-refractivity contribution is 5.76. The van der Waals surface area contributed by atoms with Crippen molar-refractivity contribution in [3.8, 4) is 28.4 Å². The third-order valence-corrected chi connectivity index (χ3v) is 5.82. The van der Waals surface area contributed by atoms with Gasteiger partial charge in [0.05, 0.1) is 34.8 Å². The maximum atomic E-state index is 13.8. The summed E-state index contributed by atoms with van der Waals surface area (Å²) in [6.45, 7) is 6.13. The van der Waals surface area contributed by atoms with Crippen LogP contribution in [0.15, 0.2) is 35.2 Å². The van der Waals surface area contributed by atoms with Crippen molar-refractivity contribution >= 4 is 5.82 Å². The van der Waals surface area contributed by atoms with Crippen molar-refractivity contribution in [1.29, 1.82) is 0 Å². The molecule has 34 heavy (non-hydrogen) atoms. The monoisotopic (exact) mass is 468 g/mol. The lowest BCUT2D eigenvalue weighted by atomic mass is 10.0. The minimum Gasteiger partial charge on any atom is -0.508 e. The number of rotatable bonds is 3. The van der Waals surface area contributed by atoms with E-state index in [1.807, 2.05) is 11.8 Å². The Morgan fingerprint density at radius 2 is 1.88 bits per heavy atom. The molecule has 5 rings (SSSR count). The van der Waals surface area contributed by atoms with Crippen molar-refractivity contribution in [3.05, 3.63) is 64.6 Å². The highest BCUT2D eigenvalue weighted by Gasteiger charge is 2.35. The van der Waals surface area contributed by atoms with Crippen molar-refractivity contribution in [2.45, 2.75) is 40.0 Å². The maximum absolute atomic E-state index is 13.8. The normalized spacial score (nSPS) is 13.4. The molecule has 0 fully saturated rings. The average Bonchev–Trinajstić information content (AvgIpc) is 3.36. The molecule has 11 heteroatoms. The molecular weight excluding hydrogens is 449 g/mol. The summed E-state index contributed by atoms with van der Waals surface area (Å²) in [6, 6.07) is 2.84. The number of hydrogen-bond acceptors (Lipinski definition) is 8. The van der Waals surface area contributed by atoms with E-state index in [1.54, 1.807) is 20.0 Å². The van der Waals surface area contributed by atoms with Gasteiger partial charge in [0, 0.05) is 29.4 Å². The van der Waals surface area contributed by atoms with Gasteiger partial charge in [0.15, 0.2) is 5.82 Å². The number of halogens is 3. The number of benzene rings is 1. The second-order valence-corrected chi connectivity index (χ2v) is 8.12. The molecule has 1 N–H and O–H groups in total. The molecular formula is C23H19F3N6O2. The molecule has 4 heterocycles. The third-order valence-electron chi connectivity index (χ3n) is 5.82. The number of fused-ring (bicyclic) bond motifs is 1. The summed E-state index contributed by atoms with van der Waals surface area (Å²) in [5, 5.41) is 14.0. The number of anilines is 1. The van der Waals surface area contributed by atoms with E-state index in [1.165, 1.54) is 6.33 Å². The summed E-state index contributed by atoms with van der Waals surface area (Å²) in [4.78, 5) is 19.4. The topological polar surface area (TPSA) is 101 Å². The van der Waals surface area contributed by atoms with Crippen LogP contribution in [0.25, 0.3) is 22.6 Å². The van der Waals surface area contributed by atoms with Crippen molar-refractivity contribution in [2.24, 2.45) is 0 Å². The molecule has 1 aliphatic heterocycles. The lowest BCUT2D eigenvalue weighted by Gasteiger charge is -2.22. The first-order valence-electron chi connectivity index (χ1n) is 10.4. The Bertz CT molecular complexity index is 1370. The van der Waals surface area contributed by atoms with Crippen LogP contribution in [-0.2, 0) is 19.3 Å². The fourth-order valence-corrected chi connectivity index (χ4v) is 4.21. The lowest BCUT2D eigenvalue weighted by molar-refractivity contribution is -0.137. The Balaban J connectivity index is 1.76. The molecule has 0 unspecified atom stereocenters. The Morgan fingerprint density at radius 1 is 1.09 bits per heavy atom. The first-order valence-corrected chi connectivity index (χ1v) is 10.4. The van der Waals surface area contributed by atoms with Gasteiger partial charge in [-0.1, -0.05) is 5.16 Å². The molecule has 0 bridgehead atoms. The van der Waals surface area contributed by atoms with E-state index in [0.717, 1.165) is 29.5 Å². The quantitative estimate of drug-likeness (QED) is 0.459. The SMILES string of the molecule is Cc1noc(C)c1-c1nc(-c2cc(O)ccc2C(F)(F)F)nc(N2Cc3cncnc3C2)c1C. The molecule has 0 atom stereocenters. The van der Waals surface area contributed by atoms with Gasteiger partial charge >= 0.3 is 6.18 Å². The first-order chi connectivity index (χ1) is 16.1. The molecule has 4 aromatic rings. The van der Waals surface area contributed by atoms with Crippen molar-refractivity contribution in [2.75, 3.05) is 4.90 Å². The molecule has 3 aromatic heterocycles. The Labute approximate surface area is 192 Å². The van der Waals surface area contributed by atoms with Gasteiger partial charge in [-0.3, -0.25) is 0 Å². The molecule has 0 radical (unpaired) electrons. The van der Waals surface area contributed by atoms with Crippen LogP contribution < -0.4 is 4.90 Å². The largest absolute Gasteiger partial charge is 0.508 e. The lowest BCUT2D eigenvalue weighted by Crippen LogP contribution is -2.19. The predicted molar refractivity (Wildman–Crippen MR) is 116 cm³/mol. The number of hydrogen-bond donors (Lipinski definition) is 1. The Morgan fingerprint density at radius 3 is 2.56 bits per heavy atom. The smallest absolute Gasteiger partial charge is 0.417 e. The summed E-state index contributed by atoms with van der Waals surface area (Å²) in [5.41, 5.74) is 2.68. The maximum Gasteiger partial charge on any atom is 0.417 e. The van der Waals surface area contributed by atoms with E-state index >= 15 is 0 Å². The van der Waals surface area contributed by atoms with Gasteiger partial charge in [-0.15, -0.1) is 0 Å². The Kier molecular flexibility index (Phi) is 4.99. The number of nitrogens with zero attached hydrogens (tertiary/aromatic N) is 6. The summed E-state index contributed by atoms with van der Waals surface area (Å²) in [7, 11) is 0. The van der Waals surface area contributed by atoms with E-state index in [4.69, 9.17) is 4.52 Å². The average molecular weight is 468 g/mol.